The zero-order chi connectivity index (χ0) is 18.8. The van der Waals surface area contributed by atoms with Crippen molar-refractivity contribution in [3.8, 4) is 11.4 Å². The molecule has 1 amide bonds. The Labute approximate surface area is 158 Å². The molecule has 1 aliphatic rings. The second kappa shape index (κ2) is 7.54. The molecule has 0 bridgehead atoms. The molecule has 0 radical (unpaired) electrons. The maximum Gasteiger partial charge on any atom is 0.271 e. The number of likely N-dealkylation sites (tertiary alicyclic amines) is 1. The molecule has 2 aromatic heterocycles. The number of aliphatic hydroxyl groups is 1. The van der Waals surface area contributed by atoms with Crippen molar-refractivity contribution < 1.29 is 9.90 Å². The van der Waals surface area contributed by atoms with Gasteiger partial charge in [-0.3, -0.25) is 9.48 Å². The number of rotatable bonds is 5. The van der Waals surface area contributed by atoms with E-state index in [9.17, 15) is 9.90 Å². The van der Waals surface area contributed by atoms with Gasteiger partial charge in [0.1, 0.15) is 0 Å². The van der Waals surface area contributed by atoms with E-state index >= 15 is 0 Å². The first-order valence-corrected chi connectivity index (χ1v) is 9.41. The molecular weight excluding hydrogens is 342 g/mol. The Kier molecular flexibility index (Phi) is 4.96. The molecule has 3 heterocycles. The van der Waals surface area contributed by atoms with Crippen molar-refractivity contribution in [2.75, 3.05) is 26.2 Å². The van der Waals surface area contributed by atoms with Gasteiger partial charge in [-0.05, 0) is 31.0 Å². The van der Waals surface area contributed by atoms with Crippen molar-refractivity contribution in [3.63, 3.8) is 0 Å². The maximum atomic E-state index is 12.5. The van der Waals surface area contributed by atoms with Crippen LogP contribution in [0.2, 0.25) is 0 Å². The number of para-hydroxylation sites is 1. The number of H-pyrrole nitrogens is 1. The Morgan fingerprint density at radius 2 is 2.07 bits per heavy atom. The molecule has 1 aromatic carbocycles. The minimum absolute atomic E-state index is 0.162. The summed E-state index contributed by atoms with van der Waals surface area (Å²) < 4.78 is 1.73. The van der Waals surface area contributed by atoms with Crippen LogP contribution < -0.4 is 5.32 Å². The standard InChI is InChI=1S/C20H25N5O2/c1-24-19(17-12-14-4-2-3-5-16(14)22-17)13-18(23-24)20(27)21-8-11-25-9-6-15(26)7-10-25/h2-5,12-13,15,22,26H,6-11H2,1H3,(H,21,27). The second-order valence-electron chi connectivity index (χ2n) is 7.14. The smallest absolute Gasteiger partial charge is 0.271 e. The van der Waals surface area contributed by atoms with E-state index in [1.807, 2.05) is 31.3 Å². The Balaban J connectivity index is 1.39. The number of aryl methyl sites for hydroxylation is 1. The number of carbonyl (C=O) groups excluding carboxylic acids is 1. The molecule has 0 saturated carbocycles. The average Bonchev–Trinajstić information content (AvgIpc) is 3.26. The van der Waals surface area contributed by atoms with Gasteiger partial charge >= 0.3 is 0 Å². The highest BCUT2D eigenvalue weighted by Gasteiger charge is 2.18. The molecule has 0 atom stereocenters. The van der Waals surface area contributed by atoms with Gasteiger partial charge in [0.15, 0.2) is 5.69 Å². The highest BCUT2D eigenvalue weighted by Crippen LogP contribution is 2.24. The molecule has 7 nitrogen and oxygen atoms in total. The predicted octanol–water partition coefficient (Wildman–Crippen LogP) is 1.75. The van der Waals surface area contributed by atoms with Crippen LogP contribution in [-0.4, -0.2) is 63.0 Å². The third kappa shape index (κ3) is 3.89. The summed E-state index contributed by atoms with van der Waals surface area (Å²) in [6.07, 6.45) is 1.44. The van der Waals surface area contributed by atoms with Gasteiger partial charge in [0.05, 0.1) is 17.5 Å². The number of piperidine rings is 1. The van der Waals surface area contributed by atoms with Crippen LogP contribution in [0.4, 0.5) is 0 Å². The van der Waals surface area contributed by atoms with Crippen molar-refractivity contribution >= 4 is 16.8 Å². The van der Waals surface area contributed by atoms with Crippen LogP contribution in [0.25, 0.3) is 22.3 Å². The highest BCUT2D eigenvalue weighted by atomic mass is 16.3. The molecule has 1 aliphatic heterocycles. The Morgan fingerprint density at radius 3 is 2.85 bits per heavy atom. The Bertz CT molecular complexity index is 904. The summed E-state index contributed by atoms with van der Waals surface area (Å²) in [7, 11) is 1.84. The third-order valence-corrected chi connectivity index (χ3v) is 5.19. The maximum absolute atomic E-state index is 12.5. The number of hydrogen-bond acceptors (Lipinski definition) is 4. The number of amides is 1. The number of nitrogens with zero attached hydrogens (tertiary/aromatic N) is 3. The number of fused-ring (bicyclic) bond motifs is 1. The van der Waals surface area contributed by atoms with Crippen molar-refractivity contribution in [2.45, 2.75) is 18.9 Å². The van der Waals surface area contributed by atoms with E-state index in [-0.39, 0.29) is 12.0 Å². The van der Waals surface area contributed by atoms with Gasteiger partial charge in [-0.2, -0.15) is 5.10 Å². The SMILES string of the molecule is Cn1nc(C(=O)NCCN2CCC(O)CC2)cc1-c1cc2ccccc2[nH]1. The fourth-order valence-corrected chi connectivity index (χ4v) is 3.60. The van der Waals surface area contributed by atoms with E-state index in [4.69, 9.17) is 0 Å². The number of nitrogens with one attached hydrogen (secondary N) is 2. The summed E-state index contributed by atoms with van der Waals surface area (Å²) in [6, 6.07) is 12.0. The van der Waals surface area contributed by atoms with Crippen molar-refractivity contribution in [1.29, 1.82) is 0 Å². The quantitative estimate of drug-likeness (QED) is 0.641. The molecule has 27 heavy (non-hydrogen) atoms. The lowest BCUT2D eigenvalue weighted by molar-refractivity contribution is 0.0803. The molecule has 0 unspecified atom stereocenters. The van der Waals surface area contributed by atoms with Gasteiger partial charge < -0.3 is 20.3 Å². The van der Waals surface area contributed by atoms with Crippen LogP contribution >= 0.6 is 0 Å². The fourth-order valence-electron chi connectivity index (χ4n) is 3.60. The lowest BCUT2D eigenvalue weighted by Crippen LogP contribution is -2.40. The first kappa shape index (κ1) is 17.8. The van der Waals surface area contributed by atoms with Gasteiger partial charge in [0, 0.05) is 44.1 Å². The zero-order valence-corrected chi connectivity index (χ0v) is 15.5. The molecule has 4 rings (SSSR count). The minimum Gasteiger partial charge on any atom is -0.393 e. The molecular formula is C20H25N5O2. The number of aromatic nitrogens is 3. The first-order valence-electron chi connectivity index (χ1n) is 9.41. The monoisotopic (exact) mass is 367 g/mol. The van der Waals surface area contributed by atoms with Crippen molar-refractivity contribution in [1.82, 2.24) is 25.0 Å². The van der Waals surface area contributed by atoms with E-state index in [2.05, 4.69) is 32.4 Å². The number of hydrogen-bond donors (Lipinski definition) is 3. The van der Waals surface area contributed by atoms with Crippen molar-refractivity contribution in [3.05, 3.63) is 42.1 Å². The lowest BCUT2D eigenvalue weighted by Gasteiger charge is -2.29. The summed E-state index contributed by atoms with van der Waals surface area (Å²) in [5.74, 6) is -0.162. The van der Waals surface area contributed by atoms with E-state index in [0.717, 1.165) is 54.8 Å². The summed E-state index contributed by atoms with van der Waals surface area (Å²) in [5.41, 5.74) is 3.30. The molecule has 7 heteroatoms. The topological polar surface area (TPSA) is 86.2 Å². The summed E-state index contributed by atoms with van der Waals surface area (Å²) in [6.45, 7) is 3.13. The van der Waals surface area contributed by atoms with Gasteiger partial charge in [0.25, 0.3) is 5.91 Å². The van der Waals surface area contributed by atoms with E-state index < -0.39 is 0 Å². The molecule has 1 saturated heterocycles. The fraction of sp³-hybridized carbons (Fsp3) is 0.400. The molecule has 3 N–H and O–H groups in total. The Hall–Kier alpha value is -2.64. The van der Waals surface area contributed by atoms with Gasteiger partial charge in [0.2, 0.25) is 0 Å². The molecule has 3 aromatic rings. The normalized spacial score (nSPS) is 16.1. The van der Waals surface area contributed by atoms with E-state index in [1.54, 1.807) is 4.68 Å². The van der Waals surface area contributed by atoms with E-state index in [0.29, 0.717) is 12.2 Å². The minimum atomic E-state index is -0.174. The van der Waals surface area contributed by atoms with Gasteiger partial charge in [-0.25, -0.2) is 0 Å². The largest absolute Gasteiger partial charge is 0.393 e. The number of aliphatic hydroxyl groups excluding tert-OH is 1. The van der Waals surface area contributed by atoms with Crippen LogP contribution in [0.1, 0.15) is 23.3 Å². The summed E-state index contributed by atoms with van der Waals surface area (Å²) in [5, 5.41) is 18.0. The van der Waals surface area contributed by atoms with E-state index in [1.165, 1.54) is 0 Å². The number of aromatic amines is 1. The summed E-state index contributed by atoms with van der Waals surface area (Å²) in [4.78, 5) is 18.1. The van der Waals surface area contributed by atoms with Crippen LogP contribution in [-0.2, 0) is 7.05 Å². The van der Waals surface area contributed by atoms with Crippen molar-refractivity contribution in [2.24, 2.45) is 7.05 Å². The predicted molar refractivity (Wildman–Crippen MR) is 105 cm³/mol. The number of benzene rings is 1. The van der Waals surface area contributed by atoms with Crippen LogP contribution in [0.15, 0.2) is 36.4 Å². The summed E-state index contributed by atoms with van der Waals surface area (Å²) >= 11 is 0. The van der Waals surface area contributed by atoms with Crippen LogP contribution in [0.5, 0.6) is 0 Å². The lowest BCUT2D eigenvalue weighted by atomic mass is 10.1. The molecule has 1 fully saturated rings. The molecule has 142 valence electrons. The second-order valence-corrected chi connectivity index (χ2v) is 7.14. The molecule has 0 spiro atoms. The van der Waals surface area contributed by atoms with Gasteiger partial charge in [-0.15, -0.1) is 0 Å². The van der Waals surface area contributed by atoms with Crippen LogP contribution in [0.3, 0.4) is 0 Å². The number of carbonyl (C=O) groups is 1. The third-order valence-electron chi connectivity index (χ3n) is 5.19. The average molecular weight is 367 g/mol. The first-order chi connectivity index (χ1) is 13.1. The van der Waals surface area contributed by atoms with Gasteiger partial charge in [-0.1, -0.05) is 18.2 Å². The van der Waals surface area contributed by atoms with Crippen LogP contribution in [0, 0.1) is 0 Å². The highest BCUT2D eigenvalue weighted by molar-refractivity contribution is 5.94. The zero-order valence-electron chi connectivity index (χ0n) is 15.5. The molecule has 0 aliphatic carbocycles. The Morgan fingerprint density at radius 1 is 1.30 bits per heavy atom.